The number of hydrogen-bond donors (Lipinski definition) is 1. The van der Waals surface area contributed by atoms with Crippen LogP contribution in [0.3, 0.4) is 0 Å². The van der Waals surface area contributed by atoms with Crippen LogP contribution in [0.15, 0.2) is 23.1 Å². The van der Waals surface area contributed by atoms with Gasteiger partial charge in [0.25, 0.3) is 0 Å². The van der Waals surface area contributed by atoms with E-state index in [1.165, 1.54) is 4.31 Å². The highest BCUT2D eigenvalue weighted by atomic mass is 35.5. The second kappa shape index (κ2) is 8.69. The van der Waals surface area contributed by atoms with E-state index in [0.717, 1.165) is 37.2 Å². The van der Waals surface area contributed by atoms with Crippen molar-refractivity contribution in [1.29, 1.82) is 0 Å². The van der Waals surface area contributed by atoms with Crippen molar-refractivity contribution in [3.8, 4) is 0 Å². The van der Waals surface area contributed by atoms with E-state index in [1.807, 2.05) is 18.7 Å². The Morgan fingerprint density at radius 1 is 1.23 bits per heavy atom. The van der Waals surface area contributed by atoms with Crippen molar-refractivity contribution in [2.75, 3.05) is 37.6 Å². The molecule has 1 aromatic rings. The maximum Gasteiger partial charge on any atom is 0.243 e. The minimum atomic E-state index is -3.46. The van der Waals surface area contributed by atoms with Gasteiger partial charge in [0, 0.05) is 31.2 Å². The van der Waals surface area contributed by atoms with E-state index in [-0.39, 0.29) is 24.2 Å². The molecule has 0 bridgehead atoms. The molecule has 1 saturated heterocycles. The molecule has 0 unspecified atom stereocenters. The molecule has 1 fully saturated rings. The van der Waals surface area contributed by atoms with Gasteiger partial charge in [-0.3, -0.25) is 4.79 Å². The molecule has 0 atom stereocenters. The minimum absolute atomic E-state index is 0. The molecular formula is C18H28ClN3O3S. The van der Waals surface area contributed by atoms with Crippen LogP contribution in [-0.4, -0.2) is 51.4 Å². The maximum atomic E-state index is 12.8. The highest BCUT2D eigenvalue weighted by molar-refractivity contribution is 7.89. The van der Waals surface area contributed by atoms with E-state index in [2.05, 4.69) is 5.32 Å². The Labute approximate surface area is 162 Å². The number of carbonyl (C=O) groups excluding carboxylic acids is 1. The first kappa shape index (κ1) is 21.2. The van der Waals surface area contributed by atoms with Crippen molar-refractivity contribution < 1.29 is 13.2 Å². The van der Waals surface area contributed by atoms with E-state index in [9.17, 15) is 13.2 Å². The Morgan fingerprint density at radius 2 is 1.88 bits per heavy atom. The molecule has 2 aliphatic heterocycles. The lowest BCUT2D eigenvalue weighted by Crippen LogP contribution is -2.40. The number of halogens is 1. The van der Waals surface area contributed by atoms with Gasteiger partial charge in [-0.1, -0.05) is 13.8 Å². The number of anilines is 1. The Balaban J connectivity index is 0.00000243. The third-order valence-electron chi connectivity index (χ3n) is 5.24. The zero-order chi connectivity index (χ0) is 18.0. The number of fused-ring (bicyclic) bond motifs is 1. The molecule has 0 saturated carbocycles. The van der Waals surface area contributed by atoms with E-state index in [4.69, 9.17) is 0 Å². The molecule has 146 valence electrons. The fraction of sp³-hybridized carbons (Fsp3) is 0.611. The van der Waals surface area contributed by atoms with Gasteiger partial charge in [0.2, 0.25) is 15.9 Å². The number of hydrogen-bond acceptors (Lipinski definition) is 4. The highest BCUT2D eigenvalue weighted by Gasteiger charge is 2.32. The first-order chi connectivity index (χ1) is 12.0. The number of amides is 1. The summed E-state index contributed by atoms with van der Waals surface area (Å²) in [7, 11) is -3.46. The molecule has 1 N–H and O–H groups in total. The van der Waals surface area contributed by atoms with E-state index in [0.29, 0.717) is 31.0 Å². The van der Waals surface area contributed by atoms with E-state index < -0.39 is 10.0 Å². The number of sulfonamides is 1. The first-order valence-electron chi connectivity index (χ1n) is 9.14. The normalized spacial score (nSPS) is 17.9. The fourth-order valence-corrected chi connectivity index (χ4v) is 5.28. The van der Waals surface area contributed by atoms with Crippen LogP contribution in [0.1, 0.15) is 32.3 Å². The van der Waals surface area contributed by atoms with Crippen LogP contribution >= 0.6 is 12.4 Å². The van der Waals surface area contributed by atoms with Crippen LogP contribution in [0, 0.1) is 5.92 Å². The van der Waals surface area contributed by atoms with Gasteiger partial charge in [0.1, 0.15) is 0 Å². The molecule has 26 heavy (non-hydrogen) atoms. The zero-order valence-corrected chi connectivity index (χ0v) is 17.0. The molecule has 2 heterocycles. The van der Waals surface area contributed by atoms with Gasteiger partial charge in [0.05, 0.1) is 4.90 Å². The molecule has 0 radical (unpaired) electrons. The number of benzene rings is 1. The first-order valence-corrected chi connectivity index (χ1v) is 10.6. The SMILES string of the molecule is CCN(CC)S(=O)(=O)c1ccc2c(c1)CCN2C(=O)C1CCNCC1.Cl. The average molecular weight is 402 g/mol. The van der Waals surface area contributed by atoms with Gasteiger partial charge >= 0.3 is 0 Å². The third kappa shape index (κ3) is 3.91. The monoisotopic (exact) mass is 401 g/mol. The van der Waals surface area contributed by atoms with Gasteiger partial charge in [0.15, 0.2) is 0 Å². The Bertz CT molecular complexity index is 744. The van der Waals surface area contributed by atoms with Gasteiger partial charge in [-0.15, -0.1) is 12.4 Å². The maximum absolute atomic E-state index is 12.8. The molecule has 1 amide bonds. The lowest BCUT2D eigenvalue weighted by molar-refractivity contribution is -0.123. The predicted molar refractivity (Wildman–Crippen MR) is 105 cm³/mol. The average Bonchev–Trinajstić information content (AvgIpc) is 3.06. The number of rotatable bonds is 5. The summed E-state index contributed by atoms with van der Waals surface area (Å²) in [4.78, 5) is 15.0. The molecule has 1 aromatic carbocycles. The number of nitrogens with one attached hydrogen (secondary N) is 1. The van der Waals surface area contributed by atoms with Gasteiger partial charge in [-0.2, -0.15) is 4.31 Å². The van der Waals surface area contributed by atoms with Crippen molar-refractivity contribution in [3.05, 3.63) is 23.8 Å². The van der Waals surface area contributed by atoms with Gasteiger partial charge < -0.3 is 10.2 Å². The summed E-state index contributed by atoms with van der Waals surface area (Å²) in [6, 6.07) is 5.19. The number of carbonyl (C=O) groups is 1. The number of piperidine rings is 1. The summed E-state index contributed by atoms with van der Waals surface area (Å²) in [6.45, 7) is 7.01. The zero-order valence-electron chi connectivity index (χ0n) is 15.4. The van der Waals surface area contributed by atoms with Gasteiger partial charge in [-0.05, 0) is 56.1 Å². The molecule has 0 spiro atoms. The summed E-state index contributed by atoms with van der Waals surface area (Å²) >= 11 is 0. The van der Waals surface area contributed by atoms with E-state index in [1.54, 1.807) is 18.2 Å². The lowest BCUT2D eigenvalue weighted by atomic mass is 9.96. The highest BCUT2D eigenvalue weighted by Crippen LogP contribution is 2.33. The molecule has 2 aliphatic rings. The summed E-state index contributed by atoms with van der Waals surface area (Å²) < 4.78 is 26.9. The summed E-state index contributed by atoms with van der Waals surface area (Å²) in [5, 5.41) is 3.28. The van der Waals surface area contributed by atoms with E-state index >= 15 is 0 Å². The summed E-state index contributed by atoms with van der Waals surface area (Å²) in [5.74, 6) is 0.255. The van der Waals surface area contributed by atoms with Crippen LogP contribution in [0.2, 0.25) is 0 Å². The Kier molecular flexibility index (Phi) is 7.07. The smallest absolute Gasteiger partial charge is 0.243 e. The molecule has 8 heteroatoms. The second-order valence-corrected chi connectivity index (χ2v) is 8.58. The van der Waals surface area contributed by atoms with Crippen LogP contribution in [-0.2, 0) is 21.2 Å². The van der Waals surface area contributed by atoms with Crippen molar-refractivity contribution in [3.63, 3.8) is 0 Å². The largest absolute Gasteiger partial charge is 0.317 e. The van der Waals surface area contributed by atoms with Crippen molar-refractivity contribution in [2.24, 2.45) is 5.92 Å². The second-order valence-electron chi connectivity index (χ2n) is 6.64. The van der Waals surface area contributed by atoms with Crippen LogP contribution < -0.4 is 10.2 Å². The molecule has 3 rings (SSSR count). The summed E-state index contributed by atoms with van der Waals surface area (Å²) in [5.41, 5.74) is 1.83. The topological polar surface area (TPSA) is 69.7 Å². The number of nitrogens with zero attached hydrogens (tertiary/aromatic N) is 2. The van der Waals surface area contributed by atoms with Gasteiger partial charge in [-0.25, -0.2) is 8.42 Å². The molecular weight excluding hydrogens is 374 g/mol. The molecule has 0 aliphatic carbocycles. The fourth-order valence-electron chi connectivity index (χ4n) is 3.77. The predicted octanol–water partition coefficient (Wildman–Crippen LogP) is 2.03. The van der Waals surface area contributed by atoms with Crippen molar-refractivity contribution in [2.45, 2.75) is 38.0 Å². The van der Waals surface area contributed by atoms with Crippen molar-refractivity contribution >= 4 is 34.0 Å². The molecule has 0 aromatic heterocycles. The van der Waals surface area contributed by atoms with Crippen molar-refractivity contribution in [1.82, 2.24) is 9.62 Å². The standard InChI is InChI=1S/C18H27N3O3S.ClH/c1-3-20(4-2)25(23,24)16-5-6-17-15(13-16)9-12-21(17)18(22)14-7-10-19-11-8-14;/h5-6,13-14,19H,3-4,7-12H2,1-2H3;1H. The minimum Gasteiger partial charge on any atom is -0.317 e. The van der Waals surface area contributed by atoms with Crippen LogP contribution in [0.5, 0.6) is 0 Å². The Morgan fingerprint density at radius 3 is 2.50 bits per heavy atom. The van der Waals surface area contributed by atoms with Crippen LogP contribution in [0.25, 0.3) is 0 Å². The molecule has 6 nitrogen and oxygen atoms in total. The quantitative estimate of drug-likeness (QED) is 0.819. The Hall–Kier alpha value is -1.15. The lowest BCUT2D eigenvalue weighted by Gasteiger charge is -2.27. The third-order valence-corrected chi connectivity index (χ3v) is 7.29. The van der Waals surface area contributed by atoms with Crippen LogP contribution in [0.4, 0.5) is 5.69 Å². The summed E-state index contributed by atoms with van der Waals surface area (Å²) in [6.07, 6.45) is 2.46.